The van der Waals surface area contributed by atoms with E-state index >= 15 is 0 Å². The van der Waals surface area contributed by atoms with Crippen LogP contribution in [0.1, 0.15) is 29.2 Å². The van der Waals surface area contributed by atoms with Gasteiger partial charge < -0.3 is 0 Å². The molecule has 4 rings (SSSR count). The molecule has 1 aliphatic heterocycles. The first-order valence-electron chi connectivity index (χ1n) is 8.11. The quantitative estimate of drug-likeness (QED) is 0.505. The number of halogens is 1. The van der Waals surface area contributed by atoms with E-state index in [1.165, 1.54) is 22.3 Å². The van der Waals surface area contributed by atoms with Crippen molar-refractivity contribution in [2.45, 2.75) is 19.3 Å². The highest BCUT2D eigenvalue weighted by atomic mass is 79.9. The number of rotatable bonds is 2. The number of benzene rings is 3. The monoisotopic (exact) mass is 375 g/mol. The van der Waals surface area contributed by atoms with Gasteiger partial charge in [-0.25, -0.2) is 0 Å². The molecule has 0 aliphatic carbocycles. The Hall–Kier alpha value is -2.19. The third-order valence-electron chi connectivity index (χ3n) is 4.88. The van der Waals surface area contributed by atoms with Crippen LogP contribution in [-0.2, 0) is 5.41 Å². The molecule has 0 N–H and O–H groups in total. The van der Waals surface area contributed by atoms with Gasteiger partial charge in [-0.2, -0.15) is 0 Å². The van der Waals surface area contributed by atoms with Crippen LogP contribution >= 0.6 is 15.9 Å². The van der Waals surface area contributed by atoms with Crippen molar-refractivity contribution in [2.75, 3.05) is 0 Å². The molecule has 24 heavy (non-hydrogen) atoms. The van der Waals surface area contributed by atoms with Crippen LogP contribution in [0.25, 0.3) is 0 Å². The summed E-state index contributed by atoms with van der Waals surface area (Å²) in [4.78, 5) is 5.02. The summed E-state index contributed by atoms with van der Waals surface area (Å²) in [6.07, 6.45) is 0. The van der Waals surface area contributed by atoms with Gasteiger partial charge in [0, 0.05) is 4.47 Å². The predicted octanol–water partition coefficient (Wildman–Crippen LogP) is 6.20. The van der Waals surface area contributed by atoms with E-state index < -0.39 is 0 Å². The fraction of sp³-hybridized carbons (Fsp3) is 0.136. The minimum absolute atomic E-state index is 0.245. The highest BCUT2D eigenvalue weighted by Crippen LogP contribution is 2.47. The topological polar surface area (TPSA) is 12.4 Å². The van der Waals surface area contributed by atoms with Crippen molar-refractivity contribution in [2.24, 2.45) is 4.99 Å². The molecule has 1 nitrogen and oxygen atoms in total. The predicted molar refractivity (Wildman–Crippen MR) is 104 cm³/mol. The molecule has 0 aromatic heterocycles. The van der Waals surface area contributed by atoms with E-state index in [1.807, 2.05) is 6.07 Å². The van der Waals surface area contributed by atoms with Crippen LogP contribution in [-0.4, -0.2) is 5.71 Å². The van der Waals surface area contributed by atoms with E-state index in [0.717, 1.165) is 15.9 Å². The van der Waals surface area contributed by atoms with Gasteiger partial charge in [0.15, 0.2) is 0 Å². The van der Waals surface area contributed by atoms with E-state index in [-0.39, 0.29) is 5.41 Å². The Kier molecular flexibility index (Phi) is 3.65. The van der Waals surface area contributed by atoms with Crippen molar-refractivity contribution >= 4 is 27.3 Å². The average molecular weight is 376 g/mol. The molecule has 0 saturated carbocycles. The molecular formula is C22H18BrN. The van der Waals surface area contributed by atoms with Crippen molar-refractivity contribution in [3.8, 4) is 0 Å². The number of aryl methyl sites for hydroxylation is 1. The van der Waals surface area contributed by atoms with Gasteiger partial charge in [-0.1, -0.05) is 82.2 Å². The molecular weight excluding hydrogens is 358 g/mol. The van der Waals surface area contributed by atoms with Crippen LogP contribution in [0, 0.1) is 6.92 Å². The Bertz CT molecular complexity index is 926. The minimum atomic E-state index is -0.245. The number of hydrogen-bond acceptors (Lipinski definition) is 1. The minimum Gasteiger partial charge on any atom is -0.251 e. The lowest BCUT2D eigenvalue weighted by Crippen LogP contribution is -2.31. The van der Waals surface area contributed by atoms with Gasteiger partial charge in [0.05, 0.1) is 16.8 Å². The molecule has 3 aromatic carbocycles. The summed E-state index contributed by atoms with van der Waals surface area (Å²) < 4.78 is 1.06. The molecule has 1 unspecified atom stereocenters. The first-order chi connectivity index (χ1) is 11.6. The van der Waals surface area contributed by atoms with E-state index in [2.05, 4.69) is 96.5 Å². The summed E-state index contributed by atoms with van der Waals surface area (Å²) in [5, 5.41) is 0. The fourth-order valence-electron chi connectivity index (χ4n) is 3.51. The maximum absolute atomic E-state index is 5.02. The lowest BCUT2D eigenvalue weighted by Gasteiger charge is -2.29. The molecule has 3 aromatic rings. The second kappa shape index (κ2) is 5.71. The Morgan fingerprint density at radius 3 is 2.29 bits per heavy atom. The third-order valence-corrected chi connectivity index (χ3v) is 5.37. The summed E-state index contributed by atoms with van der Waals surface area (Å²) in [7, 11) is 0. The van der Waals surface area contributed by atoms with E-state index in [1.54, 1.807) is 0 Å². The molecule has 1 heterocycles. The van der Waals surface area contributed by atoms with Gasteiger partial charge in [-0.3, -0.25) is 4.99 Å². The molecule has 0 amide bonds. The van der Waals surface area contributed by atoms with Gasteiger partial charge in [0.1, 0.15) is 0 Å². The van der Waals surface area contributed by atoms with Crippen LogP contribution in [0.5, 0.6) is 0 Å². The molecule has 0 saturated heterocycles. The van der Waals surface area contributed by atoms with E-state index in [0.29, 0.717) is 0 Å². The average Bonchev–Trinajstić information content (AvgIpc) is 2.89. The lowest BCUT2D eigenvalue weighted by atomic mass is 9.72. The highest BCUT2D eigenvalue weighted by molar-refractivity contribution is 9.10. The van der Waals surface area contributed by atoms with E-state index in [9.17, 15) is 0 Å². The summed E-state index contributed by atoms with van der Waals surface area (Å²) in [6, 6.07) is 25.7. The zero-order valence-corrected chi connectivity index (χ0v) is 15.3. The van der Waals surface area contributed by atoms with E-state index in [4.69, 9.17) is 4.99 Å². The van der Waals surface area contributed by atoms with Gasteiger partial charge in [-0.05, 0) is 42.7 Å². The first-order valence-corrected chi connectivity index (χ1v) is 8.90. The highest BCUT2D eigenvalue weighted by Gasteiger charge is 2.41. The maximum Gasteiger partial charge on any atom is 0.0689 e. The SMILES string of the molecule is Cc1ccc(C2(C)C(c3ccccc3)=Nc3cc(Br)ccc32)cc1. The Labute approximate surface area is 151 Å². The smallest absolute Gasteiger partial charge is 0.0689 e. The lowest BCUT2D eigenvalue weighted by molar-refractivity contribution is 0.793. The first kappa shape index (κ1) is 15.3. The second-order valence-corrected chi connectivity index (χ2v) is 7.39. The summed E-state index contributed by atoms with van der Waals surface area (Å²) in [5.74, 6) is 0. The maximum atomic E-state index is 5.02. The van der Waals surface area contributed by atoms with Crippen LogP contribution in [0.3, 0.4) is 0 Å². The Morgan fingerprint density at radius 2 is 1.58 bits per heavy atom. The molecule has 1 aliphatic rings. The van der Waals surface area contributed by atoms with Crippen LogP contribution < -0.4 is 0 Å². The zero-order chi connectivity index (χ0) is 16.7. The molecule has 0 radical (unpaired) electrons. The fourth-order valence-corrected chi connectivity index (χ4v) is 3.86. The molecule has 0 fully saturated rings. The van der Waals surface area contributed by atoms with Crippen molar-refractivity contribution in [3.05, 3.63) is 99.5 Å². The number of hydrogen-bond donors (Lipinski definition) is 0. The van der Waals surface area contributed by atoms with Crippen LogP contribution in [0.15, 0.2) is 82.3 Å². The van der Waals surface area contributed by atoms with Gasteiger partial charge in [-0.15, -0.1) is 0 Å². The molecule has 118 valence electrons. The summed E-state index contributed by atoms with van der Waals surface area (Å²) in [5.41, 5.74) is 6.89. The Morgan fingerprint density at radius 1 is 0.875 bits per heavy atom. The summed E-state index contributed by atoms with van der Waals surface area (Å²) >= 11 is 3.58. The number of fused-ring (bicyclic) bond motifs is 1. The van der Waals surface area contributed by atoms with Crippen molar-refractivity contribution in [1.82, 2.24) is 0 Å². The van der Waals surface area contributed by atoms with Crippen molar-refractivity contribution in [3.63, 3.8) is 0 Å². The molecule has 2 heteroatoms. The van der Waals surface area contributed by atoms with Crippen molar-refractivity contribution in [1.29, 1.82) is 0 Å². The molecule has 0 spiro atoms. The summed E-state index contributed by atoms with van der Waals surface area (Å²) in [6.45, 7) is 4.40. The normalized spacial score (nSPS) is 19.0. The van der Waals surface area contributed by atoms with Gasteiger partial charge in [0.25, 0.3) is 0 Å². The van der Waals surface area contributed by atoms with Crippen molar-refractivity contribution < 1.29 is 0 Å². The largest absolute Gasteiger partial charge is 0.251 e. The third kappa shape index (κ3) is 2.33. The second-order valence-electron chi connectivity index (χ2n) is 6.48. The van der Waals surface area contributed by atoms with Gasteiger partial charge in [0.2, 0.25) is 0 Å². The van der Waals surface area contributed by atoms with Crippen LogP contribution in [0.4, 0.5) is 5.69 Å². The Balaban J connectivity index is 1.98. The molecule has 0 bridgehead atoms. The standard InChI is InChI=1S/C22H18BrN/c1-15-8-10-17(11-9-15)22(2)19-13-12-18(23)14-20(19)24-21(22)16-6-4-3-5-7-16/h3-14H,1-2H3. The zero-order valence-electron chi connectivity index (χ0n) is 13.8. The van der Waals surface area contributed by atoms with Crippen LogP contribution in [0.2, 0.25) is 0 Å². The number of nitrogens with zero attached hydrogens (tertiary/aromatic N) is 1. The number of aliphatic imine (C=N–C) groups is 1. The molecule has 1 atom stereocenters. The van der Waals surface area contributed by atoms with Gasteiger partial charge >= 0.3 is 0 Å².